The molecular formula is C12H20N2O2S. The molecule has 0 aromatic heterocycles. The maximum Gasteiger partial charge on any atom is 0.243 e. The number of nitrogens with one attached hydrogen (secondary N) is 1. The molecule has 1 heterocycles. The van der Waals surface area contributed by atoms with Gasteiger partial charge in [-0.15, -0.1) is 6.58 Å². The third kappa shape index (κ3) is 3.77. The lowest BCUT2D eigenvalue weighted by atomic mass is 9.99. The Hall–Kier alpha value is -0.970. The fourth-order valence-corrected chi connectivity index (χ4v) is 2.58. The highest BCUT2D eigenvalue weighted by Gasteiger charge is 2.35. The third-order valence-electron chi connectivity index (χ3n) is 2.68. The molecule has 1 aliphatic rings. The number of hydrogen-bond acceptors (Lipinski definition) is 3. The molecule has 1 rings (SSSR count). The van der Waals surface area contributed by atoms with Crippen LogP contribution >= 0.6 is 11.8 Å². The van der Waals surface area contributed by atoms with Crippen molar-refractivity contribution >= 4 is 23.6 Å². The average Bonchev–Trinajstić information content (AvgIpc) is 2.28. The van der Waals surface area contributed by atoms with Crippen molar-refractivity contribution in [2.75, 3.05) is 24.6 Å². The third-order valence-corrected chi connectivity index (χ3v) is 3.62. The fourth-order valence-electron chi connectivity index (χ4n) is 1.92. The molecule has 1 unspecified atom stereocenters. The molecular weight excluding hydrogens is 236 g/mol. The van der Waals surface area contributed by atoms with E-state index in [-0.39, 0.29) is 30.3 Å². The number of piperazine rings is 1. The number of thioether (sulfide) groups is 1. The van der Waals surface area contributed by atoms with E-state index >= 15 is 0 Å². The molecule has 0 saturated carbocycles. The lowest BCUT2D eigenvalue weighted by molar-refractivity contribution is -0.147. The van der Waals surface area contributed by atoms with Crippen molar-refractivity contribution in [3.8, 4) is 0 Å². The quantitative estimate of drug-likeness (QED) is 0.567. The standard InChI is InChI=1S/C12H20N2O2S/c1-4-6-17-7-5-14-10(15)8-13-12(16)11(14)9(2)3/h4,9,11H,1,5-8H2,2-3H3,(H,13,16). The average molecular weight is 256 g/mol. The smallest absolute Gasteiger partial charge is 0.243 e. The highest BCUT2D eigenvalue weighted by molar-refractivity contribution is 7.99. The van der Waals surface area contributed by atoms with Gasteiger partial charge in [-0.2, -0.15) is 11.8 Å². The van der Waals surface area contributed by atoms with Gasteiger partial charge >= 0.3 is 0 Å². The summed E-state index contributed by atoms with van der Waals surface area (Å²) in [6.07, 6.45) is 1.84. The van der Waals surface area contributed by atoms with Crippen LogP contribution in [-0.4, -0.2) is 47.4 Å². The van der Waals surface area contributed by atoms with E-state index in [9.17, 15) is 9.59 Å². The molecule has 0 aromatic carbocycles. The molecule has 4 nitrogen and oxygen atoms in total. The molecule has 2 amide bonds. The zero-order chi connectivity index (χ0) is 12.8. The van der Waals surface area contributed by atoms with Crippen molar-refractivity contribution < 1.29 is 9.59 Å². The highest BCUT2D eigenvalue weighted by atomic mass is 32.2. The van der Waals surface area contributed by atoms with Crippen LogP contribution in [0.4, 0.5) is 0 Å². The van der Waals surface area contributed by atoms with Crippen LogP contribution in [0.5, 0.6) is 0 Å². The van der Waals surface area contributed by atoms with Gasteiger partial charge < -0.3 is 10.2 Å². The number of amides is 2. The molecule has 0 bridgehead atoms. The molecule has 1 saturated heterocycles. The molecule has 17 heavy (non-hydrogen) atoms. The van der Waals surface area contributed by atoms with Gasteiger partial charge in [0, 0.05) is 18.1 Å². The Balaban J connectivity index is 2.58. The van der Waals surface area contributed by atoms with Crippen LogP contribution < -0.4 is 5.32 Å². The van der Waals surface area contributed by atoms with Crippen LogP contribution in [0.2, 0.25) is 0 Å². The topological polar surface area (TPSA) is 49.4 Å². The summed E-state index contributed by atoms with van der Waals surface area (Å²) in [5.41, 5.74) is 0. The van der Waals surface area contributed by atoms with Crippen molar-refractivity contribution in [2.24, 2.45) is 5.92 Å². The summed E-state index contributed by atoms with van der Waals surface area (Å²) in [6, 6.07) is -0.319. The maximum atomic E-state index is 11.8. The molecule has 1 atom stereocenters. The predicted octanol–water partition coefficient (Wildman–Crippen LogP) is 0.889. The summed E-state index contributed by atoms with van der Waals surface area (Å²) in [5, 5.41) is 2.64. The normalized spacial score (nSPS) is 20.6. The summed E-state index contributed by atoms with van der Waals surface area (Å²) in [5.74, 6) is 1.84. The van der Waals surface area contributed by atoms with Gasteiger partial charge in [0.05, 0.1) is 6.54 Å². The first kappa shape index (κ1) is 14.1. The van der Waals surface area contributed by atoms with Crippen molar-refractivity contribution in [3.63, 3.8) is 0 Å². The summed E-state index contributed by atoms with van der Waals surface area (Å²) in [7, 11) is 0. The second-order valence-electron chi connectivity index (χ2n) is 4.36. The largest absolute Gasteiger partial charge is 0.345 e. The van der Waals surface area contributed by atoms with E-state index in [1.807, 2.05) is 19.9 Å². The first-order valence-electron chi connectivity index (χ1n) is 5.83. The Labute approximate surface area is 107 Å². The van der Waals surface area contributed by atoms with Gasteiger partial charge in [-0.05, 0) is 5.92 Å². The van der Waals surface area contributed by atoms with E-state index < -0.39 is 0 Å². The van der Waals surface area contributed by atoms with Crippen molar-refractivity contribution in [1.82, 2.24) is 10.2 Å². The molecule has 0 radical (unpaired) electrons. The van der Waals surface area contributed by atoms with Crippen LogP contribution in [0.1, 0.15) is 13.8 Å². The summed E-state index contributed by atoms with van der Waals surface area (Å²) in [4.78, 5) is 25.3. The second kappa shape index (κ2) is 6.69. The minimum absolute atomic E-state index is 0.0162. The number of carbonyl (C=O) groups excluding carboxylic acids is 2. The van der Waals surface area contributed by atoms with Gasteiger partial charge in [-0.1, -0.05) is 19.9 Å². The van der Waals surface area contributed by atoms with E-state index in [0.29, 0.717) is 6.54 Å². The molecule has 1 N–H and O–H groups in total. The molecule has 96 valence electrons. The minimum atomic E-state index is -0.319. The Morgan fingerprint density at radius 1 is 1.59 bits per heavy atom. The van der Waals surface area contributed by atoms with Crippen LogP contribution in [0.3, 0.4) is 0 Å². The van der Waals surface area contributed by atoms with E-state index in [4.69, 9.17) is 0 Å². The number of rotatable bonds is 6. The Kier molecular flexibility index (Phi) is 5.55. The van der Waals surface area contributed by atoms with Crippen molar-refractivity contribution in [1.29, 1.82) is 0 Å². The highest BCUT2D eigenvalue weighted by Crippen LogP contribution is 2.15. The van der Waals surface area contributed by atoms with Gasteiger partial charge in [0.1, 0.15) is 6.04 Å². The van der Waals surface area contributed by atoms with Gasteiger partial charge in [0.15, 0.2) is 0 Å². The number of hydrogen-bond donors (Lipinski definition) is 1. The van der Waals surface area contributed by atoms with E-state index in [1.54, 1.807) is 16.7 Å². The number of carbonyl (C=O) groups is 2. The molecule has 1 aliphatic heterocycles. The second-order valence-corrected chi connectivity index (χ2v) is 5.51. The van der Waals surface area contributed by atoms with Crippen LogP contribution in [0, 0.1) is 5.92 Å². The zero-order valence-electron chi connectivity index (χ0n) is 10.4. The monoisotopic (exact) mass is 256 g/mol. The van der Waals surface area contributed by atoms with Gasteiger partial charge in [-0.3, -0.25) is 9.59 Å². The van der Waals surface area contributed by atoms with Gasteiger partial charge in [-0.25, -0.2) is 0 Å². The maximum absolute atomic E-state index is 11.8. The lowest BCUT2D eigenvalue weighted by Gasteiger charge is -2.37. The fraction of sp³-hybridized carbons (Fsp3) is 0.667. The first-order valence-corrected chi connectivity index (χ1v) is 6.99. The van der Waals surface area contributed by atoms with Crippen LogP contribution in [-0.2, 0) is 9.59 Å². The van der Waals surface area contributed by atoms with E-state index in [1.165, 1.54) is 0 Å². The van der Waals surface area contributed by atoms with E-state index in [0.717, 1.165) is 11.5 Å². The molecule has 1 fully saturated rings. The number of nitrogens with zero attached hydrogens (tertiary/aromatic N) is 1. The zero-order valence-corrected chi connectivity index (χ0v) is 11.3. The Bertz CT molecular complexity index is 305. The molecule has 0 spiro atoms. The van der Waals surface area contributed by atoms with Crippen molar-refractivity contribution in [3.05, 3.63) is 12.7 Å². The SMILES string of the molecule is C=CCSCCN1C(=O)CNC(=O)C1C(C)C. The van der Waals surface area contributed by atoms with Crippen LogP contribution in [0.25, 0.3) is 0 Å². The molecule has 0 aliphatic carbocycles. The summed E-state index contributed by atoms with van der Waals surface area (Å²) in [6.45, 7) is 8.35. The molecule has 5 heteroatoms. The Morgan fingerprint density at radius 3 is 2.88 bits per heavy atom. The van der Waals surface area contributed by atoms with Gasteiger partial charge in [0.25, 0.3) is 0 Å². The minimum Gasteiger partial charge on any atom is -0.345 e. The first-order chi connectivity index (χ1) is 8.07. The van der Waals surface area contributed by atoms with E-state index in [2.05, 4.69) is 11.9 Å². The van der Waals surface area contributed by atoms with Crippen molar-refractivity contribution in [2.45, 2.75) is 19.9 Å². The van der Waals surface area contributed by atoms with Crippen LogP contribution in [0.15, 0.2) is 12.7 Å². The molecule has 0 aromatic rings. The lowest BCUT2D eigenvalue weighted by Crippen LogP contribution is -2.60. The van der Waals surface area contributed by atoms with Gasteiger partial charge in [0.2, 0.25) is 11.8 Å². The summed E-state index contributed by atoms with van der Waals surface area (Å²) < 4.78 is 0. The Morgan fingerprint density at radius 2 is 2.29 bits per heavy atom. The summed E-state index contributed by atoms with van der Waals surface area (Å²) >= 11 is 1.72. The predicted molar refractivity (Wildman–Crippen MR) is 70.9 cm³/mol.